The molecule has 0 spiro atoms. The number of hydrogen-bond donors (Lipinski definition) is 2. The van der Waals surface area contributed by atoms with E-state index in [0.29, 0.717) is 30.1 Å². The van der Waals surface area contributed by atoms with Gasteiger partial charge >= 0.3 is 0 Å². The van der Waals surface area contributed by atoms with Crippen LogP contribution in [0.15, 0.2) is 42.6 Å². The zero-order chi connectivity index (χ0) is 18.9. The molecule has 0 bridgehead atoms. The van der Waals surface area contributed by atoms with Crippen molar-refractivity contribution in [2.24, 2.45) is 0 Å². The lowest BCUT2D eigenvalue weighted by Gasteiger charge is -2.11. The molecule has 6 nitrogen and oxygen atoms in total. The van der Waals surface area contributed by atoms with Gasteiger partial charge in [-0.3, -0.25) is 14.6 Å². The fourth-order valence-electron chi connectivity index (χ4n) is 2.29. The van der Waals surface area contributed by atoms with Crippen molar-refractivity contribution in [2.45, 2.75) is 6.42 Å². The quantitative estimate of drug-likeness (QED) is 0.741. The Morgan fingerprint density at radius 2 is 1.85 bits per heavy atom. The molecule has 0 aliphatic heterocycles. The van der Waals surface area contributed by atoms with Gasteiger partial charge in [0.2, 0.25) is 0 Å². The fourth-order valence-corrected chi connectivity index (χ4v) is 2.51. The normalized spacial score (nSPS) is 10.6. The minimum absolute atomic E-state index is 0.219. The van der Waals surface area contributed by atoms with Crippen LogP contribution in [0.2, 0.25) is 5.02 Å². The molecule has 0 aliphatic carbocycles. The van der Waals surface area contributed by atoms with E-state index >= 15 is 0 Å². The number of aromatic nitrogens is 1. The number of likely N-dealkylation sites (N-methyl/N-ethyl adjacent to an activating group) is 1. The maximum Gasteiger partial charge on any atom is 0.269 e. The average Bonchev–Trinajstić information content (AvgIpc) is 2.61. The topological polar surface area (TPSA) is 74.3 Å². The second-order valence-corrected chi connectivity index (χ2v) is 6.56. The first-order valence-corrected chi connectivity index (χ1v) is 8.75. The van der Waals surface area contributed by atoms with Crippen LogP contribution in [0, 0.1) is 0 Å². The van der Waals surface area contributed by atoms with Crippen LogP contribution in [0.4, 0.5) is 0 Å². The molecule has 1 aromatic heterocycles. The molecule has 2 N–H and O–H groups in total. The Morgan fingerprint density at radius 3 is 2.58 bits per heavy atom. The van der Waals surface area contributed by atoms with Crippen LogP contribution in [-0.2, 0) is 6.42 Å². The number of nitrogens with one attached hydrogen (secondary N) is 2. The summed E-state index contributed by atoms with van der Waals surface area (Å²) < 4.78 is 0. The third kappa shape index (κ3) is 6.46. The smallest absolute Gasteiger partial charge is 0.269 e. The van der Waals surface area contributed by atoms with Crippen LogP contribution >= 0.6 is 11.6 Å². The van der Waals surface area contributed by atoms with Crippen molar-refractivity contribution in [3.8, 4) is 0 Å². The lowest BCUT2D eigenvalue weighted by molar-refractivity contribution is 0.0949. The van der Waals surface area contributed by atoms with E-state index < -0.39 is 0 Å². The van der Waals surface area contributed by atoms with E-state index in [2.05, 4.69) is 15.6 Å². The summed E-state index contributed by atoms with van der Waals surface area (Å²) in [6, 6.07) is 10.6. The van der Waals surface area contributed by atoms with Crippen molar-refractivity contribution < 1.29 is 9.59 Å². The summed E-state index contributed by atoms with van der Waals surface area (Å²) in [7, 11) is 3.87. The Morgan fingerprint density at radius 1 is 1.08 bits per heavy atom. The molecule has 7 heteroatoms. The third-order valence-electron chi connectivity index (χ3n) is 3.69. The van der Waals surface area contributed by atoms with Crippen molar-refractivity contribution in [2.75, 3.05) is 33.7 Å². The van der Waals surface area contributed by atoms with Crippen molar-refractivity contribution in [3.05, 3.63) is 64.4 Å². The van der Waals surface area contributed by atoms with Gasteiger partial charge in [0.15, 0.2) is 0 Å². The maximum atomic E-state index is 12.2. The van der Waals surface area contributed by atoms with Gasteiger partial charge in [-0.1, -0.05) is 23.7 Å². The summed E-state index contributed by atoms with van der Waals surface area (Å²) in [6.45, 7) is 1.74. The number of benzene rings is 1. The Labute approximate surface area is 158 Å². The van der Waals surface area contributed by atoms with Gasteiger partial charge in [-0.2, -0.15) is 0 Å². The Bertz CT molecular complexity index is 765. The number of amides is 2. The molecule has 0 fully saturated rings. The molecule has 1 aromatic carbocycles. The molecule has 0 saturated carbocycles. The number of hydrogen-bond acceptors (Lipinski definition) is 4. The van der Waals surface area contributed by atoms with Gasteiger partial charge in [0, 0.05) is 36.4 Å². The zero-order valence-corrected chi connectivity index (χ0v) is 15.7. The highest BCUT2D eigenvalue weighted by Gasteiger charge is 2.11. The minimum Gasteiger partial charge on any atom is -0.351 e. The predicted octanol–water partition coefficient (Wildman–Crippen LogP) is 2.00. The number of halogens is 1. The van der Waals surface area contributed by atoms with E-state index in [0.717, 1.165) is 12.1 Å². The van der Waals surface area contributed by atoms with Crippen molar-refractivity contribution >= 4 is 23.4 Å². The first kappa shape index (κ1) is 19.9. The zero-order valence-electron chi connectivity index (χ0n) is 15.0. The molecule has 2 amide bonds. The SMILES string of the molecule is CN(C)CCNC(=O)c1ccnc(C(=O)NCCc2cccc(Cl)c2)c1. The second-order valence-electron chi connectivity index (χ2n) is 6.12. The molecule has 0 aliphatic rings. The molecule has 0 unspecified atom stereocenters. The van der Waals surface area contributed by atoms with Crippen LogP contribution < -0.4 is 10.6 Å². The Balaban J connectivity index is 1.87. The molecule has 2 aromatic rings. The molecule has 0 saturated heterocycles. The lowest BCUT2D eigenvalue weighted by Crippen LogP contribution is -2.32. The first-order valence-electron chi connectivity index (χ1n) is 8.37. The van der Waals surface area contributed by atoms with Crippen LogP contribution in [0.5, 0.6) is 0 Å². The molecule has 138 valence electrons. The number of nitrogens with zero attached hydrogens (tertiary/aromatic N) is 2. The van der Waals surface area contributed by atoms with Crippen LogP contribution in [0.1, 0.15) is 26.4 Å². The largest absolute Gasteiger partial charge is 0.351 e. The summed E-state index contributed by atoms with van der Waals surface area (Å²) in [5, 5.41) is 6.29. The monoisotopic (exact) mass is 374 g/mol. The summed E-state index contributed by atoms with van der Waals surface area (Å²) in [5.41, 5.74) is 1.68. The number of pyridine rings is 1. The first-order chi connectivity index (χ1) is 12.5. The molecule has 1 heterocycles. The molecule has 2 rings (SSSR count). The summed E-state index contributed by atoms with van der Waals surface area (Å²) in [6.07, 6.45) is 2.13. The van der Waals surface area contributed by atoms with E-state index in [1.165, 1.54) is 12.3 Å². The summed E-state index contributed by atoms with van der Waals surface area (Å²) in [4.78, 5) is 30.4. The Hall–Kier alpha value is -2.44. The van der Waals surface area contributed by atoms with E-state index in [-0.39, 0.29) is 17.5 Å². The third-order valence-corrected chi connectivity index (χ3v) is 3.92. The van der Waals surface area contributed by atoms with Gasteiger partial charge in [0.25, 0.3) is 11.8 Å². The van der Waals surface area contributed by atoms with Crippen LogP contribution in [0.3, 0.4) is 0 Å². The maximum absolute atomic E-state index is 12.2. The highest BCUT2D eigenvalue weighted by atomic mass is 35.5. The molecular formula is C19H23ClN4O2. The van der Waals surface area contributed by atoms with Gasteiger partial charge in [0.05, 0.1) is 0 Å². The molecule has 0 radical (unpaired) electrons. The van der Waals surface area contributed by atoms with E-state index in [4.69, 9.17) is 11.6 Å². The van der Waals surface area contributed by atoms with Gasteiger partial charge in [-0.05, 0) is 50.3 Å². The average molecular weight is 375 g/mol. The number of carbonyl (C=O) groups excluding carboxylic acids is 2. The highest BCUT2D eigenvalue weighted by Crippen LogP contribution is 2.10. The van der Waals surface area contributed by atoms with E-state index in [1.807, 2.05) is 43.3 Å². The highest BCUT2D eigenvalue weighted by molar-refractivity contribution is 6.30. The predicted molar refractivity (Wildman–Crippen MR) is 103 cm³/mol. The standard InChI is InChI=1S/C19H23ClN4O2/c1-24(2)11-10-23-18(25)15-7-9-21-17(13-15)19(26)22-8-6-14-4-3-5-16(20)12-14/h3-5,7,9,12-13H,6,8,10-11H2,1-2H3,(H,22,26)(H,23,25). The molecule has 26 heavy (non-hydrogen) atoms. The van der Waals surface area contributed by atoms with E-state index in [9.17, 15) is 9.59 Å². The fraction of sp³-hybridized carbons (Fsp3) is 0.316. The molecular weight excluding hydrogens is 352 g/mol. The Kier molecular flexibility index (Phi) is 7.56. The van der Waals surface area contributed by atoms with Crippen molar-refractivity contribution in [1.82, 2.24) is 20.5 Å². The lowest BCUT2D eigenvalue weighted by atomic mass is 10.1. The van der Waals surface area contributed by atoms with E-state index in [1.54, 1.807) is 6.07 Å². The second kappa shape index (κ2) is 9.89. The van der Waals surface area contributed by atoms with Gasteiger partial charge in [-0.15, -0.1) is 0 Å². The number of rotatable bonds is 8. The summed E-state index contributed by atoms with van der Waals surface area (Å²) >= 11 is 5.94. The summed E-state index contributed by atoms with van der Waals surface area (Å²) in [5.74, 6) is -0.530. The van der Waals surface area contributed by atoms with Crippen LogP contribution in [-0.4, -0.2) is 55.4 Å². The van der Waals surface area contributed by atoms with Crippen molar-refractivity contribution in [3.63, 3.8) is 0 Å². The van der Waals surface area contributed by atoms with Gasteiger partial charge < -0.3 is 15.5 Å². The van der Waals surface area contributed by atoms with Crippen molar-refractivity contribution in [1.29, 1.82) is 0 Å². The molecule has 0 atom stereocenters. The minimum atomic E-state index is -0.310. The van der Waals surface area contributed by atoms with Crippen LogP contribution in [0.25, 0.3) is 0 Å². The number of carbonyl (C=O) groups is 2. The van der Waals surface area contributed by atoms with Gasteiger partial charge in [-0.25, -0.2) is 0 Å². The van der Waals surface area contributed by atoms with Gasteiger partial charge in [0.1, 0.15) is 5.69 Å².